The molecule has 0 amide bonds. The Kier molecular flexibility index (Phi) is 2.80. The molecule has 0 fully saturated rings. The first-order chi connectivity index (χ1) is 6.27. The highest BCUT2D eigenvalue weighted by atomic mass is 127. The molecule has 2 aromatic heterocycles. The van der Waals surface area contributed by atoms with Gasteiger partial charge in [-0.3, -0.25) is 0 Å². The first-order valence-corrected chi connectivity index (χ1v) is 5.64. The molecule has 4 nitrogen and oxygen atoms in total. The van der Waals surface area contributed by atoms with Crippen LogP contribution in [0.1, 0.15) is 5.69 Å². The van der Waals surface area contributed by atoms with Crippen LogP contribution >= 0.6 is 45.7 Å². The number of imidazole rings is 1. The van der Waals surface area contributed by atoms with Crippen LogP contribution < -0.4 is 0 Å². The number of halogens is 2. The van der Waals surface area contributed by atoms with E-state index in [2.05, 4.69) is 37.2 Å². The summed E-state index contributed by atoms with van der Waals surface area (Å²) in [6.45, 7) is 0.633. The van der Waals surface area contributed by atoms with E-state index < -0.39 is 0 Å². The van der Waals surface area contributed by atoms with Gasteiger partial charge in [0, 0.05) is 23.9 Å². The van der Waals surface area contributed by atoms with Gasteiger partial charge in [0.15, 0.2) is 3.83 Å². The van der Waals surface area contributed by atoms with Gasteiger partial charge in [-0.1, -0.05) is 16.1 Å². The van der Waals surface area contributed by atoms with Crippen molar-refractivity contribution >= 4 is 45.7 Å². The van der Waals surface area contributed by atoms with Gasteiger partial charge in [-0.2, -0.15) is 0 Å². The van der Waals surface area contributed by atoms with E-state index in [1.54, 1.807) is 6.20 Å². The molecule has 0 aliphatic carbocycles. The molecule has 0 saturated heterocycles. The van der Waals surface area contributed by atoms with Crippen LogP contribution in [0.25, 0.3) is 0 Å². The van der Waals surface area contributed by atoms with Gasteiger partial charge in [0.2, 0.25) is 0 Å². The minimum absolute atomic E-state index is 0.633. The quantitative estimate of drug-likeness (QED) is 0.793. The summed E-state index contributed by atoms with van der Waals surface area (Å²) in [6.07, 6.45) is 3.63. The Morgan fingerprint density at radius 1 is 1.62 bits per heavy atom. The van der Waals surface area contributed by atoms with E-state index in [0.717, 1.165) is 9.53 Å². The SMILES string of the molecule is Clc1snnc1Cn1ccnc1I. The van der Waals surface area contributed by atoms with Gasteiger partial charge in [-0.15, -0.1) is 5.10 Å². The summed E-state index contributed by atoms with van der Waals surface area (Å²) in [6, 6.07) is 0. The molecule has 0 bridgehead atoms. The molecule has 0 aliphatic rings. The second-order valence-corrected chi connectivity index (χ2v) is 4.64. The molecule has 2 aromatic rings. The van der Waals surface area contributed by atoms with Gasteiger partial charge in [0.05, 0.1) is 6.54 Å². The van der Waals surface area contributed by atoms with Gasteiger partial charge in [0.1, 0.15) is 10.0 Å². The molecule has 0 atom stereocenters. The summed E-state index contributed by atoms with van der Waals surface area (Å²) in [5.41, 5.74) is 0.794. The zero-order chi connectivity index (χ0) is 9.26. The second-order valence-electron chi connectivity index (χ2n) is 2.32. The molecule has 0 unspecified atom stereocenters. The van der Waals surface area contributed by atoms with Gasteiger partial charge < -0.3 is 4.57 Å². The van der Waals surface area contributed by atoms with Gasteiger partial charge in [-0.25, -0.2) is 4.98 Å². The lowest BCUT2D eigenvalue weighted by Crippen LogP contribution is -2.01. The summed E-state index contributed by atoms with van der Waals surface area (Å²) in [5, 5.41) is 3.92. The summed E-state index contributed by atoms with van der Waals surface area (Å²) in [7, 11) is 0. The Morgan fingerprint density at radius 2 is 2.46 bits per heavy atom. The Bertz CT molecular complexity index is 374. The maximum atomic E-state index is 5.87. The molecular formula is C6H4ClIN4S. The summed E-state index contributed by atoms with van der Waals surface area (Å²) >= 11 is 9.22. The lowest BCUT2D eigenvalue weighted by atomic mass is 10.5. The third-order valence-corrected chi connectivity index (χ3v) is 3.38. The Labute approximate surface area is 97.2 Å². The third-order valence-electron chi connectivity index (χ3n) is 1.49. The second kappa shape index (κ2) is 3.89. The largest absolute Gasteiger partial charge is 0.320 e. The van der Waals surface area contributed by atoms with Crippen LogP contribution in [0, 0.1) is 3.83 Å². The van der Waals surface area contributed by atoms with Crippen molar-refractivity contribution in [2.45, 2.75) is 6.54 Å². The molecule has 13 heavy (non-hydrogen) atoms. The number of hydrogen-bond acceptors (Lipinski definition) is 4. The Balaban J connectivity index is 2.24. The predicted molar refractivity (Wildman–Crippen MR) is 59.0 cm³/mol. The zero-order valence-electron chi connectivity index (χ0n) is 6.31. The summed E-state index contributed by atoms with van der Waals surface area (Å²) in [4.78, 5) is 4.09. The van der Waals surface area contributed by atoms with Crippen LogP contribution in [0.15, 0.2) is 12.4 Å². The van der Waals surface area contributed by atoms with Crippen molar-refractivity contribution in [1.82, 2.24) is 19.1 Å². The number of nitrogens with zero attached hydrogens (tertiary/aromatic N) is 4. The molecule has 2 heterocycles. The van der Waals surface area contributed by atoms with E-state index in [4.69, 9.17) is 11.6 Å². The van der Waals surface area contributed by atoms with Crippen molar-refractivity contribution in [2.75, 3.05) is 0 Å². The molecule has 0 aromatic carbocycles. The highest BCUT2D eigenvalue weighted by Gasteiger charge is 2.07. The van der Waals surface area contributed by atoms with Crippen LogP contribution in [0.5, 0.6) is 0 Å². The average molecular weight is 327 g/mol. The van der Waals surface area contributed by atoms with Gasteiger partial charge >= 0.3 is 0 Å². The Morgan fingerprint density at radius 3 is 3.00 bits per heavy atom. The van der Waals surface area contributed by atoms with Gasteiger partial charge in [0.25, 0.3) is 0 Å². The topological polar surface area (TPSA) is 43.6 Å². The first kappa shape index (κ1) is 9.35. The fourth-order valence-corrected chi connectivity index (χ4v) is 1.99. The molecule has 0 radical (unpaired) electrons. The maximum absolute atomic E-state index is 5.87. The van der Waals surface area contributed by atoms with Crippen molar-refractivity contribution in [3.63, 3.8) is 0 Å². The van der Waals surface area contributed by atoms with Crippen LogP contribution in [-0.4, -0.2) is 19.1 Å². The lowest BCUT2D eigenvalue weighted by molar-refractivity contribution is 0.746. The molecule has 68 valence electrons. The van der Waals surface area contributed by atoms with E-state index in [-0.39, 0.29) is 0 Å². The van der Waals surface area contributed by atoms with E-state index in [1.165, 1.54) is 11.5 Å². The molecule has 7 heteroatoms. The van der Waals surface area contributed by atoms with E-state index >= 15 is 0 Å². The monoisotopic (exact) mass is 326 g/mol. The standard InChI is InChI=1S/C6H4ClIN4S/c7-5-4(10-11-13-5)3-12-2-1-9-6(12)8/h1-2H,3H2. The maximum Gasteiger partial charge on any atom is 0.171 e. The predicted octanol–water partition coefficient (Wildman–Crippen LogP) is 2.04. The average Bonchev–Trinajstić information content (AvgIpc) is 2.65. The molecular weight excluding hydrogens is 323 g/mol. The smallest absolute Gasteiger partial charge is 0.171 e. The van der Waals surface area contributed by atoms with E-state index in [9.17, 15) is 0 Å². The summed E-state index contributed by atoms with van der Waals surface area (Å²) < 4.78 is 7.28. The van der Waals surface area contributed by atoms with Gasteiger partial charge in [-0.05, 0) is 22.6 Å². The molecule has 0 spiro atoms. The number of aromatic nitrogens is 4. The minimum atomic E-state index is 0.633. The van der Waals surface area contributed by atoms with Crippen molar-refractivity contribution in [3.05, 3.63) is 26.3 Å². The van der Waals surface area contributed by atoms with E-state index in [1.807, 2.05) is 10.8 Å². The number of hydrogen-bond donors (Lipinski definition) is 0. The van der Waals surface area contributed by atoms with Crippen LogP contribution in [0.3, 0.4) is 0 Å². The highest BCUT2D eigenvalue weighted by Crippen LogP contribution is 2.18. The Hall–Kier alpha value is -0.210. The zero-order valence-corrected chi connectivity index (χ0v) is 10.0. The van der Waals surface area contributed by atoms with Crippen LogP contribution in [0.2, 0.25) is 4.34 Å². The molecule has 0 N–H and O–H groups in total. The van der Waals surface area contributed by atoms with Crippen LogP contribution in [-0.2, 0) is 6.54 Å². The van der Waals surface area contributed by atoms with Crippen molar-refractivity contribution in [3.8, 4) is 0 Å². The van der Waals surface area contributed by atoms with E-state index in [0.29, 0.717) is 10.9 Å². The summed E-state index contributed by atoms with van der Waals surface area (Å²) in [5.74, 6) is 0. The van der Waals surface area contributed by atoms with Crippen LogP contribution in [0.4, 0.5) is 0 Å². The third kappa shape index (κ3) is 2.00. The molecule has 0 aliphatic heterocycles. The minimum Gasteiger partial charge on any atom is -0.320 e. The highest BCUT2D eigenvalue weighted by molar-refractivity contribution is 14.1. The first-order valence-electron chi connectivity index (χ1n) is 3.40. The molecule has 0 saturated carbocycles. The van der Waals surface area contributed by atoms with Crippen molar-refractivity contribution in [1.29, 1.82) is 0 Å². The fraction of sp³-hybridized carbons (Fsp3) is 0.167. The van der Waals surface area contributed by atoms with Crippen molar-refractivity contribution < 1.29 is 0 Å². The fourth-order valence-electron chi connectivity index (χ4n) is 0.882. The number of rotatable bonds is 2. The lowest BCUT2D eigenvalue weighted by Gasteiger charge is -1.99. The van der Waals surface area contributed by atoms with Crippen molar-refractivity contribution in [2.24, 2.45) is 0 Å². The normalized spacial score (nSPS) is 10.6. The molecule has 2 rings (SSSR count).